The van der Waals surface area contributed by atoms with Crippen molar-refractivity contribution in [1.29, 1.82) is 0 Å². The monoisotopic (exact) mass is 324 g/mol. The second-order valence-electron chi connectivity index (χ2n) is 5.88. The van der Waals surface area contributed by atoms with E-state index in [1.54, 1.807) is 13.4 Å². The van der Waals surface area contributed by atoms with Crippen molar-refractivity contribution in [3.8, 4) is 0 Å². The van der Waals surface area contributed by atoms with Gasteiger partial charge in [0.05, 0.1) is 5.52 Å². The van der Waals surface area contributed by atoms with Crippen LogP contribution in [-0.2, 0) is 6.42 Å². The molecule has 0 spiro atoms. The summed E-state index contributed by atoms with van der Waals surface area (Å²) in [6.45, 7) is 0.808. The molecule has 0 unspecified atom stereocenters. The standard InChI is InChI=1S/C19H18B2N4/c1-22-11-14-5-7-18-15(9-14)19(25-12-24-18)23-8-2-3-13-4-6-16(20)17(21)10-13/h4-7,9-12H,2-3,8H2,1H3,(H,23,24,25). The largest absolute Gasteiger partial charge is 0.369 e. The smallest absolute Gasteiger partial charge is 0.137 e. The number of hydrogen-bond acceptors (Lipinski definition) is 4. The van der Waals surface area contributed by atoms with Crippen LogP contribution < -0.4 is 16.2 Å². The molecule has 0 bridgehead atoms. The fourth-order valence-corrected chi connectivity index (χ4v) is 2.72. The van der Waals surface area contributed by atoms with Gasteiger partial charge in [-0.05, 0) is 36.1 Å². The van der Waals surface area contributed by atoms with Gasteiger partial charge in [0, 0.05) is 25.2 Å². The van der Waals surface area contributed by atoms with E-state index in [2.05, 4.69) is 20.3 Å². The highest BCUT2D eigenvalue weighted by molar-refractivity contribution is 6.48. The first-order valence-corrected chi connectivity index (χ1v) is 8.22. The maximum atomic E-state index is 5.85. The number of fused-ring (bicyclic) bond motifs is 1. The third-order valence-electron chi connectivity index (χ3n) is 4.02. The van der Waals surface area contributed by atoms with Crippen LogP contribution in [0.25, 0.3) is 10.9 Å². The third kappa shape index (κ3) is 4.27. The van der Waals surface area contributed by atoms with Gasteiger partial charge >= 0.3 is 0 Å². The van der Waals surface area contributed by atoms with Crippen LogP contribution in [0.4, 0.5) is 5.82 Å². The quantitative estimate of drug-likeness (QED) is 0.423. The number of benzene rings is 2. The molecule has 0 atom stereocenters. The number of nitrogens with zero attached hydrogens (tertiary/aromatic N) is 3. The maximum Gasteiger partial charge on any atom is 0.137 e. The first-order chi connectivity index (χ1) is 12.2. The molecule has 4 radical (unpaired) electrons. The number of anilines is 1. The van der Waals surface area contributed by atoms with E-state index in [9.17, 15) is 0 Å². The van der Waals surface area contributed by atoms with Gasteiger partial charge in [0.15, 0.2) is 0 Å². The van der Waals surface area contributed by atoms with Gasteiger partial charge in [-0.2, -0.15) is 0 Å². The minimum absolute atomic E-state index is 0.626. The summed E-state index contributed by atoms with van der Waals surface area (Å²) in [5.74, 6) is 0.841. The predicted molar refractivity (Wildman–Crippen MR) is 107 cm³/mol. The first kappa shape index (κ1) is 17.2. The molecule has 6 heteroatoms. The van der Waals surface area contributed by atoms with E-state index >= 15 is 0 Å². The summed E-state index contributed by atoms with van der Waals surface area (Å²) < 4.78 is 0. The molecule has 1 N–H and O–H groups in total. The molecule has 0 aliphatic carbocycles. The Balaban J connectivity index is 1.66. The highest BCUT2D eigenvalue weighted by atomic mass is 15.0. The molecule has 0 aliphatic heterocycles. The van der Waals surface area contributed by atoms with E-state index in [4.69, 9.17) is 15.7 Å². The zero-order valence-corrected chi connectivity index (χ0v) is 14.2. The molecule has 2 aromatic carbocycles. The Hall–Kier alpha value is -2.62. The van der Waals surface area contributed by atoms with Crippen molar-refractivity contribution in [2.45, 2.75) is 12.8 Å². The number of rotatable bonds is 6. The van der Waals surface area contributed by atoms with Gasteiger partial charge in [-0.25, -0.2) is 9.97 Å². The van der Waals surface area contributed by atoms with Crippen LogP contribution in [-0.4, -0.2) is 45.5 Å². The molecule has 3 rings (SSSR count). The summed E-state index contributed by atoms with van der Waals surface area (Å²) in [5, 5.41) is 4.40. The zero-order valence-electron chi connectivity index (χ0n) is 14.2. The molecule has 0 amide bonds. The number of aliphatic imine (C=N–C) groups is 1. The minimum atomic E-state index is 0.626. The minimum Gasteiger partial charge on any atom is -0.369 e. The second-order valence-corrected chi connectivity index (χ2v) is 5.88. The molecule has 0 fully saturated rings. The molecule has 3 aromatic rings. The van der Waals surface area contributed by atoms with Crippen molar-refractivity contribution in [2.24, 2.45) is 4.99 Å². The molecule has 1 aromatic heterocycles. The van der Waals surface area contributed by atoms with Gasteiger partial charge in [0.1, 0.15) is 27.8 Å². The Labute approximate surface area is 150 Å². The van der Waals surface area contributed by atoms with Crippen molar-refractivity contribution >= 4 is 49.6 Å². The van der Waals surface area contributed by atoms with Crippen molar-refractivity contribution in [3.63, 3.8) is 0 Å². The molecule has 120 valence electrons. The Bertz CT molecular complexity index is 909. The lowest BCUT2D eigenvalue weighted by Gasteiger charge is -2.10. The highest BCUT2D eigenvalue weighted by Crippen LogP contribution is 2.20. The number of nitrogens with one attached hydrogen (secondary N) is 1. The van der Waals surface area contributed by atoms with Gasteiger partial charge in [-0.3, -0.25) is 4.99 Å². The van der Waals surface area contributed by atoms with Crippen LogP contribution in [0.3, 0.4) is 0 Å². The summed E-state index contributed by atoms with van der Waals surface area (Å²) in [7, 11) is 13.4. The lowest BCUT2D eigenvalue weighted by molar-refractivity contribution is 0.860. The normalized spacial score (nSPS) is 11.2. The Kier molecular flexibility index (Phi) is 5.49. The van der Waals surface area contributed by atoms with E-state index in [0.29, 0.717) is 10.9 Å². The van der Waals surface area contributed by atoms with Crippen LogP contribution in [0.1, 0.15) is 17.5 Å². The fraction of sp³-hybridized carbons (Fsp3) is 0.211. The van der Waals surface area contributed by atoms with Crippen molar-refractivity contribution in [3.05, 3.63) is 53.9 Å². The summed E-state index contributed by atoms with van der Waals surface area (Å²) in [4.78, 5) is 12.7. The third-order valence-corrected chi connectivity index (χ3v) is 4.02. The Morgan fingerprint density at radius 3 is 2.76 bits per heavy atom. The molecule has 0 saturated carbocycles. The average molecular weight is 324 g/mol. The molecule has 0 aliphatic rings. The second kappa shape index (κ2) is 7.97. The van der Waals surface area contributed by atoms with Crippen LogP contribution in [0.15, 0.2) is 47.7 Å². The first-order valence-electron chi connectivity index (χ1n) is 8.22. The van der Waals surface area contributed by atoms with E-state index < -0.39 is 0 Å². The number of aryl methyl sites for hydroxylation is 1. The molecular formula is C19H18B2N4. The summed E-state index contributed by atoms with van der Waals surface area (Å²) in [6, 6.07) is 11.8. The molecule has 0 saturated heterocycles. The van der Waals surface area contributed by atoms with Gasteiger partial charge in [0.25, 0.3) is 0 Å². The summed E-state index contributed by atoms with van der Waals surface area (Å²) in [6.07, 6.45) is 5.29. The topological polar surface area (TPSA) is 50.2 Å². The summed E-state index contributed by atoms with van der Waals surface area (Å²) in [5.41, 5.74) is 4.39. The molecule has 4 nitrogen and oxygen atoms in total. The number of aromatic nitrogens is 2. The van der Waals surface area contributed by atoms with E-state index in [1.165, 1.54) is 5.56 Å². The van der Waals surface area contributed by atoms with Gasteiger partial charge in [0.2, 0.25) is 0 Å². The van der Waals surface area contributed by atoms with Crippen molar-refractivity contribution < 1.29 is 0 Å². The highest BCUT2D eigenvalue weighted by Gasteiger charge is 2.04. The van der Waals surface area contributed by atoms with Gasteiger partial charge in [-0.1, -0.05) is 24.3 Å². The fourth-order valence-electron chi connectivity index (χ4n) is 2.72. The molecule has 1 heterocycles. The lowest BCUT2D eigenvalue weighted by atomic mass is 9.79. The number of hydrogen-bond donors (Lipinski definition) is 1. The van der Waals surface area contributed by atoms with Crippen molar-refractivity contribution in [1.82, 2.24) is 9.97 Å². The Morgan fingerprint density at radius 1 is 1.08 bits per heavy atom. The molecular weight excluding hydrogens is 306 g/mol. The van der Waals surface area contributed by atoms with Gasteiger partial charge < -0.3 is 5.32 Å². The van der Waals surface area contributed by atoms with Crippen molar-refractivity contribution in [2.75, 3.05) is 18.9 Å². The zero-order chi connectivity index (χ0) is 17.6. The van der Waals surface area contributed by atoms with E-state index in [-0.39, 0.29) is 0 Å². The van der Waals surface area contributed by atoms with E-state index in [0.717, 1.165) is 41.7 Å². The lowest BCUT2D eigenvalue weighted by Crippen LogP contribution is -2.25. The summed E-state index contributed by atoms with van der Waals surface area (Å²) >= 11 is 0. The molecule has 25 heavy (non-hydrogen) atoms. The van der Waals surface area contributed by atoms with Crippen LogP contribution in [0.2, 0.25) is 0 Å². The van der Waals surface area contributed by atoms with Gasteiger partial charge in [-0.15, -0.1) is 10.9 Å². The van der Waals surface area contributed by atoms with Crippen LogP contribution in [0.5, 0.6) is 0 Å². The SMILES string of the molecule is [B]c1ccc(CCCNc2ncnc3ccc(C=NC)cc23)cc1[B]. The predicted octanol–water partition coefficient (Wildman–Crippen LogP) is 1.31. The van der Waals surface area contributed by atoms with E-state index in [1.807, 2.05) is 42.6 Å². The van der Waals surface area contributed by atoms with Crippen LogP contribution >= 0.6 is 0 Å². The average Bonchev–Trinajstić information content (AvgIpc) is 2.62. The van der Waals surface area contributed by atoms with Crippen LogP contribution in [0, 0.1) is 0 Å². The Morgan fingerprint density at radius 2 is 1.96 bits per heavy atom. The maximum absolute atomic E-state index is 5.85.